The normalized spacial score (nSPS) is 22.1. The molecule has 5 nitrogen and oxygen atoms in total. The third-order valence-electron chi connectivity index (χ3n) is 4.99. The lowest BCUT2D eigenvalue weighted by Crippen LogP contribution is -2.44. The number of carbonyl (C=O) groups excluding carboxylic acids is 1. The first-order valence-electron chi connectivity index (χ1n) is 9.23. The summed E-state index contributed by atoms with van der Waals surface area (Å²) in [6.45, 7) is 0. The summed E-state index contributed by atoms with van der Waals surface area (Å²) in [7, 11) is 1.30. The molecule has 2 N–H and O–H groups in total. The first-order chi connectivity index (χ1) is 12.7. The standard InChI is InChI=1S/C21H26N2O3/c1-26-21(25)17-14-22-19(20(17)24)18(23-16-10-6-3-7-11-16)13-12-15-8-4-2-5-9-15/h2,4-5,8-9,12-14,16,18-19,23-24H,3,6-7,10-11H2,1H3/b13-12+. The van der Waals surface area contributed by atoms with Gasteiger partial charge in [-0.25, -0.2) is 4.79 Å². The van der Waals surface area contributed by atoms with Crippen molar-refractivity contribution in [2.75, 3.05) is 7.11 Å². The molecule has 1 saturated carbocycles. The van der Waals surface area contributed by atoms with Gasteiger partial charge in [0.2, 0.25) is 0 Å². The number of esters is 1. The molecule has 1 aliphatic heterocycles. The van der Waals surface area contributed by atoms with Crippen molar-refractivity contribution in [2.24, 2.45) is 4.99 Å². The van der Waals surface area contributed by atoms with Crippen molar-refractivity contribution >= 4 is 18.3 Å². The SMILES string of the molecule is COC(=O)C1=C(O)C(C(/C=C/c2ccccc2)NC2CCCCC2)N=C1. The largest absolute Gasteiger partial charge is 0.509 e. The Kier molecular flexibility index (Phi) is 6.23. The highest BCUT2D eigenvalue weighted by molar-refractivity contribution is 6.11. The van der Waals surface area contributed by atoms with Gasteiger partial charge in [0.15, 0.2) is 0 Å². The Labute approximate surface area is 154 Å². The minimum Gasteiger partial charge on any atom is -0.509 e. The number of benzene rings is 1. The number of methoxy groups -OCH3 is 1. The Morgan fingerprint density at radius 3 is 2.69 bits per heavy atom. The van der Waals surface area contributed by atoms with Gasteiger partial charge < -0.3 is 15.2 Å². The predicted octanol–water partition coefficient (Wildman–Crippen LogP) is 3.43. The van der Waals surface area contributed by atoms with Crippen LogP contribution in [0.1, 0.15) is 37.7 Å². The fraction of sp³-hybridized carbons (Fsp3) is 0.429. The molecule has 0 bridgehead atoms. The van der Waals surface area contributed by atoms with E-state index in [1.165, 1.54) is 32.6 Å². The van der Waals surface area contributed by atoms with Gasteiger partial charge in [0.25, 0.3) is 0 Å². The Bertz CT molecular complexity index is 703. The second kappa shape index (κ2) is 8.81. The van der Waals surface area contributed by atoms with E-state index >= 15 is 0 Å². The van der Waals surface area contributed by atoms with Gasteiger partial charge >= 0.3 is 5.97 Å². The van der Waals surface area contributed by atoms with Crippen LogP contribution in [0.4, 0.5) is 0 Å². The quantitative estimate of drug-likeness (QED) is 0.768. The van der Waals surface area contributed by atoms with E-state index in [-0.39, 0.29) is 17.4 Å². The number of aliphatic hydroxyl groups is 1. The van der Waals surface area contributed by atoms with Crippen LogP contribution < -0.4 is 5.32 Å². The third-order valence-corrected chi connectivity index (χ3v) is 4.99. The number of nitrogens with zero attached hydrogens (tertiary/aromatic N) is 1. The molecule has 2 unspecified atom stereocenters. The number of hydrogen-bond donors (Lipinski definition) is 2. The smallest absolute Gasteiger partial charge is 0.342 e. The summed E-state index contributed by atoms with van der Waals surface area (Å²) in [6.07, 6.45) is 11.4. The number of carbonyl (C=O) groups is 1. The summed E-state index contributed by atoms with van der Waals surface area (Å²) in [5, 5.41) is 14.2. The average Bonchev–Trinajstić information content (AvgIpc) is 3.07. The first-order valence-corrected chi connectivity index (χ1v) is 9.23. The highest BCUT2D eigenvalue weighted by atomic mass is 16.5. The fourth-order valence-electron chi connectivity index (χ4n) is 3.55. The van der Waals surface area contributed by atoms with Crippen LogP contribution in [-0.2, 0) is 9.53 Å². The van der Waals surface area contributed by atoms with Crippen molar-refractivity contribution in [1.29, 1.82) is 0 Å². The minimum atomic E-state index is -0.558. The van der Waals surface area contributed by atoms with Gasteiger partial charge in [-0.2, -0.15) is 0 Å². The second-order valence-electron chi connectivity index (χ2n) is 6.81. The van der Waals surface area contributed by atoms with Crippen LogP contribution in [0, 0.1) is 0 Å². The van der Waals surface area contributed by atoms with Gasteiger partial charge in [-0.3, -0.25) is 4.99 Å². The lowest BCUT2D eigenvalue weighted by atomic mass is 9.93. The van der Waals surface area contributed by atoms with Crippen LogP contribution in [0.15, 0.2) is 52.7 Å². The third kappa shape index (κ3) is 4.41. The minimum absolute atomic E-state index is 0.0251. The summed E-state index contributed by atoms with van der Waals surface area (Å²) < 4.78 is 4.73. The second-order valence-corrected chi connectivity index (χ2v) is 6.81. The maximum Gasteiger partial charge on any atom is 0.342 e. The van der Waals surface area contributed by atoms with Crippen LogP contribution in [0.2, 0.25) is 0 Å². The molecule has 1 heterocycles. The first kappa shape index (κ1) is 18.4. The Balaban J connectivity index is 1.80. The predicted molar refractivity (Wildman–Crippen MR) is 103 cm³/mol. The molecule has 2 aliphatic rings. The highest BCUT2D eigenvalue weighted by Crippen LogP contribution is 2.24. The van der Waals surface area contributed by atoms with Gasteiger partial charge in [0, 0.05) is 12.3 Å². The van der Waals surface area contributed by atoms with Crippen molar-refractivity contribution in [3.63, 3.8) is 0 Å². The molecule has 1 aromatic rings. The Hall–Kier alpha value is -2.40. The number of ether oxygens (including phenoxy) is 1. The Morgan fingerprint density at radius 1 is 1.27 bits per heavy atom. The zero-order chi connectivity index (χ0) is 18.4. The van der Waals surface area contributed by atoms with Gasteiger partial charge in [0.05, 0.1) is 13.2 Å². The monoisotopic (exact) mass is 354 g/mol. The molecular formula is C21H26N2O3. The summed E-state index contributed by atoms with van der Waals surface area (Å²) >= 11 is 0. The number of nitrogens with one attached hydrogen (secondary N) is 1. The molecule has 0 radical (unpaired) electrons. The summed E-state index contributed by atoms with van der Waals surface area (Å²) in [5.41, 5.74) is 1.22. The summed E-state index contributed by atoms with van der Waals surface area (Å²) in [4.78, 5) is 16.2. The maximum absolute atomic E-state index is 11.8. The van der Waals surface area contributed by atoms with E-state index in [0.717, 1.165) is 18.4 Å². The van der Waals surface area contributed by atoms with Crippen molar-refractivity contribution in [1.82, 2.24) is 5.32 Å². The zero-order valence-corrected chi connectivity index (χ0v) is 15.1. The van der Waals surface area contributed by atoms with Crippen LogP contribution in [0.3, 0.4) is 0 Å². The molecule has 1 aromatic carbocycles. The van der Waals surface area contributed by atoms with Gasteiger partial charge in [-0.05, 0) is 18.4 Å². The van der Waals surface area contributed by atoms with E-state index in [9.17, 15) is 9.90 Å². The van der Waals surface area contributed by atoms with Crippen LogP contribution in [0.5, 0.6) is 0 Å². The molecule has 0 amide bonds. The fourth-order valence-corrected chi connectivity index (χ4v) is 3.55. The van der Waals surface area contributed by atoms with E-state index in [4.69, 9.17) is 4.74 Å². The maximum atomic E-state index is 11.8. The number of hydrogen-bond acceptors (Lipinski definition) is 5. The lowest BCUT2D eigenvalue weighted by Gasteiger charge is -2.29. The molecule has 26 heavy (non-hydrogen) atoms. The molecule has 0 aromatic heterocycles. The van der Waals surface area contributed by atoms with Crippen LogP contribution in [-0.4, -0.2) is 42.5 Å². The summed E-state index contributed by atoms with van der Waals surface area (Å²) in [6, 6.07) is 9.73. The molecule has 2 atom stereocenters. The average molecular weight is 354 g/mol. The number of aliphatic hydroxyl groups excluding tert-OH is 1. The molecule has 3 rings (SSSR count). The van der Waals surface area contributed by atoms with Gasteiger partial charge in [0.1, 0.15) is 17.4 Å². The van der Waals surface area contributed by atoms with E-state index < -0.39 is 12.0 Å². The van der Waals surface area contributed by atoms with Crippen LogP contribution in [0.25, 0.3) is 6.08 Å². The van der Waals surface area contributed by atoms with E-state index in [0.29, 0.717) is 6.04 Å². The molecule has 5 heteroatoms. The van der Waals surface area contributed by atoms with Crippen molar-refractivity contribution in [3.05, 3.63) is 53.3 Å². The van der Waals surface area contributed by atoms with E-state index in [1.807, 2.05) is 42.5 Å². The van der Waals surface area contributed by atoms with E-state index in [1.54, 1.807) is 0 Å². The van der Waals surface area contributed by atoms with Crippen LogP contribution >= 0.6 is 0 Å². The molecule has 0 spiro atoms. The van der Waals surface area contributed by atoms with Gasteiger partial charge in [-0.1, -0.05) is 61.7 Å². The molecular weight excluding hydrogens is 328 g/mol. The molecule has 138 valence electrons. The molecule has 0 saturated heterocycles. The highest BCUT2D eigenvalue weighted by Gasteiger charge is 2.33. The zero-order valence-electron chi connectivity index (χ0n) is 15.1. The van der Waals surface area contributed by atoms with Crippen molar-refractivity contribution in [2.45, 2.75) is 50.2 Å². The summed E-state index contributed by atoms with van der Waals surface area (Å²) in [5.74, 6) is -0.583. The van der Waals surface area contributed by atoms with Crippen molar-refractivity contribution < 1.29 is 14.6 Å². The number of rotatable bonds is 6. The topological polar surface area (TPSA) is 70.9 Å². The van der Waals surface area contributed by atoms with Gasteiger partial charge in [-0.15, -0.1) is 0 Å². The molecule has 1 aliphatic carbocycles. The van der Waals surface area contributed by atoms with Crippen molar-refractivity contribution in [3.8, 4) is 0 Å². The Morgan fingerprint density at radius 2 is 2.00 bits per heavy atom. The molecule has 1 fully saturated rings. The lowest BCUT2D eigenvalue weighted by molar-refractivity contribution is -0.135. The van der Waals surface area contributed by atoms with E-state index in [2.05, 4.69) is 10.3 Å². The number of aliphatic imine (C=N–C) groups is 1.